The van der Waals surface area contributed by atoms with Gasteiger partial charge in [0.1, 0.15) is 5.76 Å². The summed E-state index contributed by atoms with van der Waals surface area (Å²) in [6.07, 6.45) is 1.02. The number of rotatable bonds is 7. The Labute approximate surface area is 170 Å². The fourth-order valence-corrected chi connectivity index (χ4v) is 4.26. The molecule has 0 aliphatic rings. The maximum Gasteiger partial charge on any atom is 0.255 e. The molecule has 0 spiro atoms. The van der Waals surface area contributed by atoms with E-state index < -0.39 is 0 Å². The third-order valence-corrected chi connectivity index (χ3v) is 5.97. The van der Waals surface area contributed by atoms with E-state index in [1.807, 2.05) is 45.2 Å². The summed E-state index contributed by atoms with van der Waals surface area (Å²) in [5, 5.41) is 4.01. The molecule has 5 heteroatoms. The second-order valence-corrected chi connectivity index (χ2v) is 7.94. The van der Waals surface area contributed by atoms with Gasteiger partial charge in [0.2, 0.25) is 0 Å². The van der Waals surface area contributed by atoms with Gasteiger partial charge in [-0.25, -0.2) is 0 Å². The lowest BCUT2D eigenvalue weighted by molar-refractivity contribution is 0.0781. The van der Waals surface area contributed by atoms with Crippen molar-refractivity contribution in [2.24, 2.45) is 0 Å². The van der Waals surface area contributed by atoms with E-state index in [4.69, 9.17) is 4.52 Å². The van der Waals surface area contributed by atoms with Gasteiger partial charge in [-0.05, 0) is 43.5 Å². The monoisotopic (exact) mass is 394 g/mol. The van der Waals surface area contributed by atoms with E-state index in [9.17, 15) is 4.79 Å². The minimum Gasteiger partial charge on any atom is -0.361 e. The molecule has 4 nitrogen and oxygen atoms in total. The Morgan fingerprint density at radius 1 is 1.07 bits per heavy atom. The lowest BCUT2D eigenvalue weighted by Crippen LogP contribution is -2.26. The molecule has 0 aliphatic heterocycles. The summed E-state index contributed by atoms with van der Waals surface area (Å²) >= 11 is 1.64. The van der Waals surface area contributed by atoms with E-state index in [1.54, 1.807) is 16.7 Å². The molecular formula is C23H26N2O2S. The summed E-state index contributed by atoms with van der Waals surface area (Å²) in [5.74, 6) is 1.59. The molecule has 0 N–H and O–H groups in total. The molecule has 0 saturated carbocycles. The van der Waals surface area contributed by atoms with Crippen LogP contribution in [0.1, 0.15) is 45.4 Å². The average molecular weight is 395 g/mol. The van der Waals surface area contributed by atoms with Crippen molar-refractivity contribution in [1.82, 2.24) is 10.1 Å². The number of hydrogen-bond acceptors (Lipinski definition) is 4. The smallest absolute Gasteiger partial charge is 0.255 e. The lowest BCUT2D eigenvalue weighted by Gasteiger charge is -2.19. The Morgan fingerprint density at radius 3 is 2.39 bits per heavy atom. The third kappa shape index (κ3) is 4.65. The van der Waals surface area contributed by atoms with Gasteiger partial charge in [-0.15, -0.1) is 11.8 Å². The molecule has 1 heterocycles. The van der Waals surface area contributed by atoms with E-state index in [0.717, 1.165) is 45.2 Å². The number of nitrogens with zero attached hydrogens (tertiary/aromatic N) is 2. The predicted molar refractivity (Wildman–Crippen MR) is 114 cm³/mol. The van der Waals surface area contributed by atoms with Crippen molar-refractivity contribution in [2.75, 3.05) is 7.05 Å². The number of hydrogen-bond donors (Lipinski definition) is 0. The summed E-state index contributed by atoms with van der Waals surface area (Å²) in [4.78, 5) is 15.8. The van der Waals surface area contributed by atoms with Crippen LogP contribution < -0.4 is 0 Å². The quantitative estimate of drug-likeness (QED) is 0.502. The van der Waals surface area contributed by atoms with Crippen molar-refractivity contribution in [1.29, 1.82) is 0 Å². The second kappa shape index (κ2) is 9.11. The maximum absolute atomic E-state index is 13.1. The Hall–Kier alpha value is -2.53. The number of benzene rings is 2. The van der Waals surface area contributed by atoms with Gasteiger partial charge in [-0.1, -0.05) is 48.5 Å². The van der Waals surface area contributed by atoms with Gasteiger partial charge in [0, 0.05) is 29.8 Å². The minimum absolute atomic E-state index is 0.0291. The van der Waals surface area contributed by atoms with Crippen LogP contribution in [0.25, 0.3) is 0 Å². The van der Waals surface area contributed by atoms with Crippen LogP contribution in [-0.2, 0) is 18.7 Å². The van der Waals surface area contributed by atoms with Crippen molar-refractivity contribution < 1.29 is 9.32 Å². The summed E-state index contributed by atoms with van der Waals surface area (Å²) < 4.78 is 5.24. The number of amides is 1. The fourth-order valence-electron chi connectivity index (χ4n) is 3.06. The molecule has 0 bridgehead atoms. The Kier molecular flexibility index (Phi) is 6.57. The highest BCUT2D eigenvalue weighted by Gasteiger charge is 2.17. The van der Waals surface area contributed by atoms with E-state index in [-0.39, 0.29) is 5.91 Å². The molecule has 0 atom stereocenters. The number of carbonyl (C=O) groups excluding carboxylic acids is 1. The Balaban J connectivity index is 1.72. The van der Waals surface area contributed by atoms with Gasteiger partial charge in [0.15, 0.2) is 0 Å². The minimum atomic E-state index is 0.0291. The van der Waals surface area contributed by atoms with E-state index in [2.05, 4.69) is 36.3 Å². The molecule has 0 saturated heterocycles. The summed E-state index contributed by atoms with van der Waals surface area (Å²) in [6, 6.07) is 16.2. The highest BCUT2D eigenvalue weighted by atomic mass is 32.2. The van der Waals surface area contributed by atoms with Gasteiger partial charge in [0.05, 0.1) is 11.3 Å². The van der Waals surface area contributed by atoms with Crippen LogP contribution in [0, 0.1) is 13.8 Å². The molecule has 2 aromatic carbocycles. The molecule has 1 aromatic heterocycles. The largest absolute Gasteiger partial charge is 0.361 e. The van der Waals surface area contributed by atoms with Gasteiger partial charge in [0.25, 0.3) is 5.91 Å². The van der Waals surface area contributed by atoms with E-state index in [1.165, 1.54) is 5.56 Å². The van der Waals surface area contributed by atoms with Gasteiger partial charge in [-0.3, -0.25) is 4.79 Å². The topological polar surface area (TPSA) is 46.3 Å². The van der Waals surface area contributed by atoms with Crippen LogP contribution >= 0.6 is 11.8 Å². The zero-order chi connectivity index (χ0) is 20.1. The molecule has 3 aromatic rings. The second-order valence-electron chi connectivity index (χ2n) is 6.92. The maximum atomic E-state index is 13.1. The molecule has 0 fully saturated rings. The van der Waals surface area contributed by atoms with Gasteiger partial charge >= 0.3 is 0 Å². The highest BCUT2D eigenvalue weighted by Crippen LogP contribution is 2.29. The van der Waals surface area contributed by atoms with Crippen LogP contribution in [0.15, 0.2) is 57.9 Å². The Bertz CT molecular complexity index is 928. The van der Waals surface area contributed by atoms with Crippen LogP contribution in [0.2, 0.25) is 0 Å². The number of carbonyl (C=O) groups is 1. The van der Waals surface area contributed by atoms with Crippen molar-refractivity contribution in [2.45, 2.75) is 44.4 Å². The Morgan fingerprint density at radius 2 is 1.75 bits per heavy atom. The number of thioether (sulfide) groups is 1. The van der Waals surface area contributed by atoms with Crippen molar-refractivity contribution in [3.8, 4) is 0 Å². The van der Waals surface area contributed by atoms with E-state index >= 15 is 0 Å². The summed E-state index contributed by atoms with van der Waals surface area (Å²) in [7, 11) is 1.85. The van der Waals surface area contributed by atoms with Crippen LogP contribution in [0.4, 0.5) is 0 Å². The van der Waals surface area contributed by atoms with Crippen molar-refractivity contribution >= 4 is 17.7 Å². The van der Waals surface area contributed by atoms with Crippen LogP contribution in [-0.4, -0.2) is 23.0 Å². The van der Waals surface area contributed by atoms with Crippen molar-refractivity contribution in [3.63, 3.8) is 0 Å². The third-order valence-electron chi connectivity index (χ3n) is 4.87. The molecule has 0 unspecified atom stereocenters. The summed E-state index contributed by atoms with van der Waals surface area (Å²) in [6.45, 7) is 6.60. The first-order valence-electron chi connectivity index (χ1n) is 9.46. The van der Waals surface area contributed by atoms with E-state index in [0.29, 0.717) is 6.54 Å². The van der Waals surface area contributed by atoms with Crippen molar-refractivity contribution in [3.05, 3.63) is 82.2 Å². The lowest BCUT2D eigenvalue weighted by atomic mass is 10.1. The standard InChI is InChI=1S/C23H26N2O2S/c1-5-18-10-12-19(13-11-18)14-25(4)23(26)20-8-6-7-9-22(20)28-15-21-16(2)24-27-17(21)3/h6-13H,5,14-15H2,1-4H3. The molecule has 146 valence electrons. The molecule has 0 radical (unpaired) electrons. The summed E-state index contributed by atoms with van der Waals surface area (Å²) in [5.41, 5.74) is 5.16. The predicted octanol–water partition coefficient (Wildman–Crippen LogP) is 5.42. The molecular weight excluding hydrogens is 368 g/mol. The molecule has 3 rings (SSSR count). The normalized spacial score (nSPS) is 10.9. The molecule has 28 heavy (non-hydrogen) atoms. The number of aromatic nitrogens is 1. The average Bonchev–Trinajstić information content (AvgIpc) is 3.04. The first-order chi connectivity index (χ1) is 13.5. The fraction of sp³-hybridized carbons (Fsp3) is 0.304. The molecule has 1 amide bonds. The SMILES string of the molecule is CCc1ccc(CN(C)C(=O)c2ccccc2SCc2c(C)noc2C)cc1. The van der Waals surface area contributed by atoms with Gasteiger partial charge in [-0.2, -0.15) is 0 Å². The van der Waals surface area contributed by atoms with Crippen LogP contribution in [0.5, 0.6) is 0 Å². The number of aryl methyl sites for hydroxylation is 3. The van der Waals surface area contributed by atoms with Crippen LogP contribution in [0.3, 0.4) is 0 Å². The first-order valence-corrected chi connectivity index (χ1v) is 10.4. The molecule has 0 aliphatic carbocycles. The zero-order valence-electron chi connectivity index (χ0n) is 16.9. The van der Waals surface area contributed by atoms with Gasteiger partial charge < -0.3 is 9.42 Å². The zero-order valence-corrected chi connectivity index (χ0v) is 17.7. The highest BCUT2D eigenvalue weighted by molar-refractivity contribution is 7.98. The first kappa shape index (κ1) is 20.2.